The van der Waals surface area contributed by atoms with Gasteiger partial charge < -0.3 is 10.2 Å². The van der Waals surface area contributed by atoms with E-state index in [-0.39, 0.29) is 0 Å². The van der Waals surface area contributed by atoms with E-state index in [2.05, 4.69) is 63.0 Å². The van der Waals surface area contributed by atoms with Gasteiger partial charge in [0.2, 0.25) is 0 Å². The molecule has 0 amide bonds. The number of anilines is 1. The van der Waals surface area contributed by atoms with Gasteiger partial charge in [0, 0.05) is 19.6 Å². The predicted octanol–water partition coefficient (Wildman–Crippen LogP) is 4.57. The highest BCUT2D eigenvalue weighted by Gasteiger charge is 2.13. The van der Waals surface area contributed by atoms with Gasteiger partial charge in [-0.2, -0.15) is 0 Å². The van der Waals surface area contributed by atoms with Crippen LogP contribution in [0, 0.1) is 11.8 Å². The molecule has 0 spiro atoms. The summed E-state index contributed by atoms with van der Waals surface area (Å²) in [6, 6.07) is 6.44. The summed E-state index contributed by atoms with van der Waals surface area (Å²) in [6.45, 7) is 15.1. The average Bonchev–Trinajstić information content (AvgIpc) is 2.34. The number of halogens is 1. The Morgan fingerprint density at radius 2 is 1.70 bits per heavy atom. The van der Waals surface area contributed by atoms with Crippen LogP contribution in [0.2, 0.25) is 5.02 Å². The number of nitrogens with one attached hydrogen (secondary N) is 1. The fraction of sp³-hybridized carbons (Fsp3) is 0.647. The molecule has 0 aliphatic heterocycles. The number of rotatable bonds is 8. The summed E-state index contributed by atoms with van der Waals surface area (Å²) in [5, 5.41) is 4.20. The SMILES string of the molecule is CCNCc1ccc(N(CC(C)C)CC(C)C)c(Cl)c1. The summed E-state index contributed by atoms with van der Waals surface area (Å²) in [7, 11) is 0. The van der Waals surface area contributed by atoms with Crippen molar-refractivity contribution in [3.05, 3.63) is 28.8 Å². The second-order valence-corrected chi connectivity index (χ2v) is 6.67. The molecule has 20 heavy (non-hydrogen) atoms. The van der Waals surface area contributed by atoms with E-state index in [0.29, 0.717) is 11.8 Å². The lowest BCUT2D eigenvalue weighted by Gasteiger charge is -2.29. The molecule has 1 aromatic carbocycles. The maximum absolute atomic E-state index is 6.50. The van der Waals surface area contributed by atoms with E-state index in [1.54, 1.807) is 0 Å². The van der Waals surface area contributed by atoms with Crippen molar-refractivity contribution in [1.82, 2.24) is 5.32 Å². The molecule has 0 radical (unpaired) electrons. The lowest BCUT2D eigenvalue weighted by atomic mass is 10.1. The third-order valence-electron chi connectivity index (χ3n) is 3.10. The molecule has 0 aromatic heterocycles. The summed E-state index contributed by atoms with van der Waals surface area (Å²) in [4.78, 5) is 2.41. The van der Waals surface area contributed by atoms with E-state index < -0.39 is 0 Å². The topological polar surface area (TPSA) is 15.3 Å². The second kappa shape index (κ2) is 8.53. The van der Waals surface area contributed by atoms with Crippen molar-refractivity contribution in [3.8, 4) is 0 Å². The highest BCUT2D eigenvalue weighted by molar-refractivity contribution is 6.33. The zero-order valence-corrected chi connectivity index (χ0v) is 14.3. The number of benzene rings is 1. The molecule has 0 unspecified atom stereocenters. The van der Waals surface area contributed by atoms with E-state index in [9.17, 15) is 0 Å². The Morgan fingerprint density at radius 1 is 1.10 bits per heavy atom. The number of hydrogen-bond donors (Lipinski definition) is 1. The lowest BCUT2D eigenvalue weighted by Crippen LogP contribution is -2.31. The molecule has 1 rings (SSSR count). The van der Waals surface area contributed by atoms with Gasteiger partial charge in [-0.05, 0) is 36.1 Å². The zero-order valence-electron chi connectivity index (χ0n) is 13.5. The molecule has 2 nitrogen and oxygen atoms in total. The Hall–Kier alpha value is -0.730. The maximum Gasteiger partial charge on any atom is 0.0642 e. The first kappa shape index (κ1) is 17.3. The molecule has 0 aliphatic carbocycles. The van der Waals surface area contributed by atoms with E-state index in [1.807, 2.05) is 0 Å². The van der Waals surface area contributed by atoms with Crippen LogP contribution < -0.4 is 10.2 Å². The fourth-order valence-corrected chi connectivity index (χ4v) is 2.66. The molecule has 0 atom stereocenters. The van der Waals surface area contributed by atoms with Crippen molar-refractivity contribution in [3.63, 3.8) is 0 Å². The largest absolute Gasteiger partial charge is 0.370 e. The van der Waals surface area contributed by atoms with Crippen molar-refractivity contribution in [2.24, 2.45) is 11.8 Å². The Balaban J connectivity index is 2.89. The van der Waals surface area contributed by atoms with Gasteiger partial charge in [0.15, 0.2) is 0 Å². The van der Waals surface area contributed by atoms with E-state index in [1.165, 1.54) is 5.56 Å². The van der Waals surface area contributed by atoms with E-state index in [0.717, 1.165) is 36.9 Å². The minimum Gasteiger partial charge on any atom is -0.370 e. The minimum atomic E-state index is 0.631. The first-order chi connectivity index (χ1) is 9.43. The Labute approximate surface area is 129 Å². The molecule has 3 heteroatoms. The molecule has 0 saturated heterocycles. The molecular formula is C17H29ClN2. The molecule has 0 heterocycles. The zero-order chi connectivity index (χ0) is 15.1. The summed E-state index contributed by atoms with van der Waals surface area (Å²) >= 11 is 6.50. The van der Waals surface area contributed by atoms with Gasteiger partial charge >= 0.3 is 0 Å². The summed E-state index contributed by atoms with van der Waals surface area (Å²) in [5.41, 5.74) is 2.41. The smallest absolute Gasteiger partial charge is 0.0642 e. The van der Waals surface area contributed by atoms with Crippen molar-refractivity contribution < 1.29 is 0 Å². The molecule has 1 aromatic rings. The van der Waals surface area contributed by atoms with E-state index >= 15 is 0 Å². The van der Waals surface area contributed by atoms with Crippen LogP contribution in [0.15, 0.2) is 18.2 Å². The summed E-state index contributed by atoms with van der Waals surface area (Å²) in [5.74, 6) is 1.26. The summed E-state index contributed by atoms with van der Waals surface area (Å²) < 4.78 is 0. The maximum atomic E-state index is 6.50. The Kier molecular flexibility index (Phi) is 7.39. The van der Waals surface area contributed by atoms with Gasteiger partial charge in [-0.25, -0.2) is 0 Å². The monoisotopic (exact) mass is 296 g/mol. The first-order valence-corrected chi connectivity index (χ1v) is 8.05. The van der Waals surface area contributed by atoms with Crippen LogP contribution in [0.25, 0.3) is 0 Å². The molecule has 0 aliphatic rings. The molecular weight excluding hydrogens is 268 g/mol. The molecule has 1 N–H and O–H groups in total. The standard InChI is InChI=1S/C17H29ClN2/c1-6-19-10-15-7-8-17(16(18)9-15)20(11-13(2)3)12-14(4)5/h7-9,13-14,19H,6,10-12H2,1-5H3. The fourth-order valence-electron chi connectivity index (χ4n) is 2.34. The van der Waals surface area contributed by atoms with Gasteiger partial charge in [0.25, 0.3) is 0 Å². The number of hydrogen-bond acceptors (Lipinski definition) is 2. The molecule has 0 fully saturated rings. The van der Waals surface area contributed by atoms with E-state index in [4.69, 9.17) is 11.6 Å². The Morgan fingerprint density at radius 3 is 2.15 bits per heavy atom. The highest BCUT2D eigenvalue weighted by Crippen LogP contribution is 2.28. The first-order valence-electron chi connectivity index (χ1n) is 7.68. The predicted molar refractivity (Wildman–Crippen MR) is 90.7 cm³/mol. The Bertz CT molecular complexity index is 392. The van der Waals surface area contributed by atoms with Crippen LogP contribution in [0.5, 0.6) is 0 Å². The van der Waals surface area contributed by atoms with Crippen LogP contribution in [0.4, 0.5) is 5.69 Å². The van der Waals surface area contributed by atoms with Crippen molar-refractivity contribution in [2.75, 3.05) is 24.5 Å². The van der Waals surface area contributed by atoms with Crippen LogP contribution in [0.1, 0.15) is 40.2 Å². The van der Waals surface area contributed by atoms with Gasteiger partial charge in [-0.15, -0.1) is 0 Å². The van der Waals surface area contributed by atoms with Gasteiger partial charge in [0.05, 0.1) is 10.7 Å². The minimum absolute atomic E-state index is 0.631. The van der Waals surface area contributed by atoms with Crippen LogP contribution in [0.3, 0.4) is 0 Å². The van der Waals surface area contributed by atoms with Crippen molar-refractivity contribution >= 4 is 17.3 Å². The van der Waals surface area contributed by atoms with Crippen molar-refractivity contribution in [1.29, 1.82) is 0 Å². The normalized spacial score (nSPS) is 11.4. The second-order valence-electron chi connectivity index (χ2n) is 6.26. The third-order valence-corrected chi connectivity index (χ3v) is 3.41. The quantitative estimate of drug-likeness (QED) is 0.756. The van der Waals surface area contributed by atoms with Crippen LogP contribution in [-0.2, 0) is 6.54 Å². The molecule has 114 valence electrons. The third kappa shape index (κ3) is 5.72. The van der Waals surface area contributed by atoms with Gasteiger partial charge in [0.1, 0.15) is 0 Å². The number of nitrogens with zero attached hydrogens (tertiary/aromatic N) is 1. The average molecular weight is 297 g/mol. The van der Waals surface area contributed by atoms with Crippen LogP contribution >= 0.6 is 11.6 Å². The molecule has 0 bridgehead atoms. The summed E-state index contributed by atoms with van der Waals surface area (Å²) in [6.07, 6.45) is 0. The highest BCUT2D eigenvalue weighted by atomic mass is 35.5. The van der Waals surface area contributed by atoms with Crippen molar-refractivity contribution in [2.45, 2.75) is 41.2 Å². The van der Waals surface area contributed by atoms with Crippen LogP contribution in [-0.4, -0.2) is 19.6 Å². The molecule has 0 saturated carbocycles. The lowest BCUT2D eigenvalue weighted by molar-refractivity contribution is 0.553. The van der Waals surface area contributed by atoms with Gasteiger partial charge in [-0.3, -0.25) is 0 Å². The van der Waals surface area contributed by atoms with Gasteiger partial charge in [-0.1, -0.05) is 52.3 Å².